The number of fused-ring (bicyclic) bond motifs is 1. The molecule has 1 amide bonds. The van der Waals surface area contributed by atoms with Gasteiger partial charge in [0.1, 0.15) is 17.1 Å². The number of hydrogen-bond donors (Lipinski definition) is 1. The zero-order chi connectivity index (χ0) is 17.3. The maximum atomic E-state index is 12.9. The van der Waals surface area contributed by atoms with Crippen LogP contribution in [-0.4, -0.2) is 22.4 Å². The van der Waals surface area contributed by atoms with Crippen LogP contribution in [0.15, 0.2) is 41.0 Å². The molecule has 2 aromatic heterocycles. The van der Waals surface area contributed by atoms with Crippen LogP contribution >= 0.6 is 15.9 Å². The second kappa shape index (κ2) is 6.65. The Hall–Kier alpha value is -2.34. The molecule has 5 nitrogen and oxygen atoms in total. The van der Waals surface area contributed by atoms with E-state index in [1.807, 2.05) is 48.7 Å². The number of pyridine rings is 1. The number of halogens is 1. The predicted octanol–water partition coefficient (Wildman–Crippen LogP) is 4.23. The highest BCUT2D eigenvalue weighted by Gasteiger charge is 2.20. The van der Waals surface area contributed by atoms with E-state index in [0.717, 1.165) is 21.4 Å². The van der Waals surface area contributed by atoms with Crippen LogP contribution in [0.5, 0.6) is 5.75 Å². The molecule has 3 rings (SSSR count). The van der Waals surface area contributed by atoms with Crippen LogP contribution in [0.25, 0.3) is 5.65 Å². The fourth-order valence-corrected chi connectivity index (χ4v) is 3.24. The molecular weight excluding hydrogens is 370 g/mol. The predicted molar refractivity (Wildman–Crippen MR) is 98.0 cm³/mol. The number of hydrogen-bond acceptors (Lipinski definition) is 3. The second-order valence-electron chi connectivity index (χ2n) is 5.48. The number of rotatable bonds is 4. The number of benzene rings is 1. The Morgan fingerprint density at radius 2 is 2.17 bits per heavy atom. The van der Waals surface area contributed by atoms with Gasteiger partial charge in [0.25, 0.3) is 5.91 Å². The van der Waals surface area contributed by atoms with Crippen molar-refractivity contribution in [2.45, 2.75) is 20.3 Å². The first-order chi connectivity index (χ1) is 11.5. The minimum atomic E-state index is -0.190. The molecule has 0 saturated heterocycles. The molecule has 0 radical (unpaired) electrons. The number of ether oxygens (including phenoxy) is 1. The number of aryl methyl sites for hydroxylation is 2. The van der Waals surface area contributed by atoms with Gasteiger partial charge in [0.2, 0.25) is 0 Å². The van der Waals surface area contributed by atoms with E-state index >= 15 is 0 Å². The standard InChI is InChI=1S/C18H18BrN3O2/c1-4-15-16(22-10-12(19)8-11(2)17(22)21-15)18(23)20-13-6-5-7-14(9-13)24-3/h5-10H,4H2,1-3H3,(H,20,23). The van der Waals surface area contributed by atoms with E-state index in [1.165, 1.54) is 0 Å². The van der Waals surface area contributed by atoms with Crippen LogP contribution in [0.1, 0.15) is 28.7 Å². The Morgan fingerprint density at radius 1 is 1.38 bits per heavy atom. The second-order valence-corrected chi connectivity index (χ2v) is 6.40. The third-order valence-electron chi connectivity index (χ3n) is 3.82. The van der Waals surface area contributed by atoms with Crippen molar-refractivity contribution in [2.75, 3.05) is 12.4 Å². The summed E-state index contributed by atoms with van der Waals surface area (Å²) in [6, 6.07) is 9.28. The number of methoxy groups -OCH3 is 1. The lowest BCUT2D eigenvalue weighted by Crippen LogP contribution is -2.16. The van der Waals surface area contributed by atoms with E-state index in [4.69, 9.17) is 4.74 Å². The molecule has 0 aliphatic heterocycles. The normalized spacial score (nSPS) is 10.8. The van der Waals surface area contributed by atoms with Crippen LogP contribution in [-0.2, 0) is 6.42 Å². The molecule has 0 bridgehead atoms. The molecule has 0 aliphatic rings. The summed E-state index contributed by atoms with van der Waals surface area (Å²) in [7, 11) is 1.60. The monoisotopic (exact) mass is 387 g/mol. The van der Waals surface area contributed by atoms with Crippen molar-refractivity contribution in [3.63, 3.8) is 0 Å². The lowest BCUT2D eigenvalue weighted by Gasteiger charge is -2.08. The Balaban J connectivity index is 2.05. The van der Waals surface area contributed by atoms with E-state index in [9.17, 15) is 4.79 Å². The summed E-state index contributed by atoms with van der Waals surface area (Å²) in [6.45, 7) is 3.98. The number of imidazole rings is 1. The lowest BCUT2D eigenvalue weighted by molar-refractivity contribution is 0.102. The summed E-state index contributed by atoms with van der Waals surface area (Å²) in [6.07, 6.45) is 2.55. The Bertz CT molecular complexity index is 918. The first-order valence-electron chi connectivity index (χ1n) is 7.66. The van der Waals surface area contributed by atoms with Crippen molar-refractivity contribution in [3.8, 4) is 5.75 Å². The summed E-state index contributed by atoms with van der Waals surface area (Å²) in [5.74, 6) is 0.505. The average Bonchev–Trinajstić information content (AvgIpc) is 2.93. The van der Waals surface area contributed by atoms with Crippen LogP contribution in [0.4, 0.5) is 5.69 Å². The van der Waals surface area contributed by atoms with Crippen LogP contribution in [0.2, 0.25) is 0 Å². The molecule has 0 fully saturated rings. The van der Waals surface area contributed by atoms with Gasteiger partial charge in [-0.3, -0.25) is 9.20 Å². The van der Waals surface area contributed by atoms with Crippen molar-refractivity contribution < 1.29 is 9.53 Å². The maximum Gasteiger partial charge on any atom is 0.274 e. The number of nitrogens with one attached hydrogen (secondary N) is 1. The zero-order valence-electron chi connectivity index (χ0n) is 13.8. The molecule has 6 heteroatoms. The lowest BCUT2D eigenvalue weighted by atomic mass is 10.2. The third kappa shape index (κ3) is 3.01. The minimum absolute atomic E-state index is 0.190. The van der Waals surface area contributed by atoms with Crippen molar-refractivity contribution >= 4 is 33.2 Å². The molecule has 0 saturated carbocycles. The number of nitrogens with zero attached hydrogens (tertiary/aromatic N) is 2. The van der Waals surface area contributed by atoms with E-state index in [-0.39, 0.29) is 5.91 Å². The van der Waals surface area contributed by atoms with Crippen molar-refractivity contribution in [2.24, 2.45) is 0 Å². The van der Waals surface area contributed by atoms with Crippen LogP contribution in [0, 0.1) is 6.92 Å². The Kier molecular flexibility index (Phi) is 4.57. The Labute approximate surface area is 148 Å². The van der Waals surface area contributed by atoms with Crippen molar-refractivity contribution in [1.29, 1.82) is 0 Å². The van der Waals surface area contributed by atoms with Crippen molar-refractivity contribution in [1.82, 2.24) is 9.38 Å². The fourth-order valence-electron chi connectivity index (χ4n) is 2.69. The molecule has 2 heterocycles. The first kappa shape index (κ1) is 16.5. The number of amides is 1. The Morgan fingerprint density at radius 3 is 2.88 bits per heavy atom. The average molecular weight is 388 g/mol. The molecule has 0 aliphatic carbocycles. The first-order valence-corrected chi connectivity index (χ1v) is 8.45. The SMILES string of the molecule is CCc1nc2c(C)cc(Br)cn2c1C(=O)Nc1cccc(OC)c1. The summed E-state index contributed by atoms with van der Waals surface area (Å²) in [5, 5.41) is 2.93. The summed E-state index contributed by atoms with van der Waals surface area (Å²) >= 11 is 3.49. The molecule has 1 N–H and O–H groups in total. The summed E-state index contributed by atoms with van der Waals surface area (Å²) in [4.78, 5) is 17.5. The van der Waals surface area contributed by atoms with Crippen LogP contribution in [0.3, 0.4) is 0 Å². The quantitative estimate of drug-likeness (QED) is 0.728. The maximum absolute atomic E-state index is 12.9. The van der Waals surface area contributed by atoms with Gasteiger partial charge in [-0.25, -0.2) is 4.98 Å². The van der Waals surface area contributed by atoms with Gasteiger partial charge in [-0.15, -0.1) is 0 Å². The summed E-state index contributed by atoms with van der Waals surface area (Å²) in [5.41, 5.74) is 3.82. The third-order valence-corrected chi connectivity index (χ3v) is 4.25. The van der Waals surface area contributed by atoms with Gasteiger partial charge in [-0.2, -0.15) is 0 Å². The highest BCUT2D eigenvalue weighted by atomic mass is 79.9. The zero-order valence-corrected chi connectivity index (χ0v) is 15.3. The van der Waals surface area contributed by atoms with Gasteiger partial charge in [0.15, 0.2) is 0 Å². The van der Waals surface area contributed by atoms with E-state index in [2.05, 4.69) is 26.2 Å². The topological polar surface area (TPSA) is 55.6 Å². The molecule has 3 aromatic rings. The molecule has 0 unspecified atom stereocenters. The number of anilines is 1. The fraction of sp³-hybridized carbons (Fsp3) is 0.222. The van der Waals surface area contributed by atoms with Gasteiger partial charge in [-0.05, 0) is 53.0 Å². The molecular formula is C18H18BrN3O2. The van der Waals surface area contributed by atoms with Gasteiger partial charge < -0.3 is 10.1 Å². The number of carbonyl (C=O) groups excluding carboxylic acids is 1. The van der Waals surface area contributed by atoms with Gasteiger partial charge in [0, 0.05) is 22.4 Å². The van der Waals surface area contributed by atoms with Gasteiger partial charge in [0.05, 0.1) is 12.8 Å². The van der Waals surface area contributed by atoms with E-state index in [1.54, 1.807) is 13.2 Å². The molecule has 0 atom stereocenters. The smallest absolute Gasteiger partial charge is 0.274 e. The minimum Gasteiger partial charge on any atom is -0.497 e. The van der Waals surface area contributed by atoms with Gasteiger partial charge in [-0.1, -0.05) is 13.0 Å². The van der Waals surface area contributed by atoms with E-state index < -0.39 is 0 Å². The summed E-state index contributed by atoms with van der Waals surface area (Å²) < 4.78 is 7.95. The molecule has 0 spiro atoms. The van der Waals surface area contributed by atoms with Crippen LogP contribution < -0.4 is 10.1 Å². The highest BCUT2D eigenvalue weighted by Crippen LogP contribution is 2.23. The number of aromatic nitrogens is 2. The van der Waals surface area contributed by atoms with Crippen molar-refractivity contribution in [3.05, 3.63) is 58.0 Å². The number of carbonyl (C=O) groups is 1. The largest absolute Gasteiger partial charge is 0.497 e. The highest BCUT2D eigenvalue weighted by molar-refractivity contribution is 9.10. The molecule has 124 valence electrons. The van der Waals surface area contributed by atoms with Gasteiger partial charge >= 0.3 is 0 Å². The molecule has 24 heavy (non-hydrogen) atoms. The molecule has 1 aromatic carbocycles. The van der Waals surface area contributed by atoms with E-state index in [0.29, 0.717) is 23.6 Å².